The third-order valence-electron chi connectivity index (χ3n) is 3.81. The van der Waals surface area contributed by atoms with Crippen LogP contribution in [0.3, 0.4) is 0 Å². The Kier molecular flexibility index (Phi) is 5.03. The van der Waals surface area contributed by atoms with E-state index in [0.29, 0.717) is 12.8 Å². The lowest BCUT2D eigenvalue weighted by Crippen LogP contribution is -2.62. The number of halogens is 3. The Morgan fingerprint density at radius 3 is 1.95 bits per heavy atom. The summed E-state index contributed by atoms with van der Waals surface area (Å²) in [7, 11) is 0. The van der Waals surface area contributed by atoms with Crippen LogP contribution in [0.4, 0.5) is 13.2 Å². The van der Waals surface area contributed by atoms with E-state index in [1.165, 1.54) is 0 Å². The molecule has 124 valence electrons. The zero-order valence-corrected chi connectivity index (χ0v) is 13.5. The highest BCUT2D eigenvalue weighted by Crippen LogP contribution is 2.50. The van der Waals surface area contributed by atoms with Crippen molar-refractivity contribution in [3.05, 3.63) is 0 Å². The van der Waals surface area contributed by atoms with E-state index in [1.54, 1.807) is 6.92 Å². The van der Waals surface area contributed by atoms with E-state index in [2.05, 4.69) is 5.32 Å². The highest BCUT2D eigenvalue weighted by Gasteiger charge is 2.53. The second-order valence-electron chi connectivity index (χ2n) is 7.63. The maximum atomic E-state index is 12.6. The smallest absolute Gasteiger partial charge is 0.401 e. The zero-order chi connectivity index (χ0) is 16.5. The molecule has 1 saturated carbocycles. The van der Waals surface area contributed by atoms with Gasteiger partial charge in [0.2, 0.25) is 0 Å². The minimum absolute atomic E-state index is 0.162. The van der Waals surface area contributed by atoms with E-state index in [-0.39, 0.29) is 17.4 Å². The molecule has 0 aromatic rings. The Balaban J connectivity index is 3.09. The van der Waals surface area contributed by atoms with Gasteiger partial charge in [-0.05, 0) is 37.0 Å². The molecule has 0 radical (unpaired) electrons. The third kappa shape index (κ3) is 5.16. The summed E-state index contributed by atoms with van der Waals surface area (Å²) in [6, 6.07) is 0. The number of alkyl halides is 3. The van der Waals surface area contributed by atoms with E-state index in [9.17, 15) is 18.0 Å². The molecule has 0 spiro atoms. The Hall–Kier alpha value is -0.780. The van der Waals surface area contributed by atoms with Gasteiger partial charge in [0.1, 0.15) is 5.54 Å². The van der Waals surface area contributed by atoms with Gasteiger partial charge in [-0.2, -0.15) is 13.2 Å². The highest BCUT2D eigenvalue weighted by molar-refractivity contribution is 5.81. The summed E-state index contributed by atoms with van der Waals surface area (Å²) in [6.45, 7) is 8.57. The van der Waals surface area contributed by atoms with Gasteiger partial charge < -0.3 is 4.74 Å². The number of hydrogen-bond donors (Lipinski definition) is 1. The first-order valence-corrected chi connectivity index (χ1v) is 7.30. The van der Waals surface area contributed by atoms with Gasteiger partial charge in [0, 0.05) is 0 Å². The summed E-state index contributed by atoms with van der Waals surface area (Å²) >= 11 is 0. The molecule has 1 N–H and O–H groups in total. The molecule has 0 aromatic heterocycles. The summed E-state index contributed by atoms with van der Waals surface area (Å²) < 4.78 is 42.9. The molecule has 0 saturated heterocycles. The van der Waals surface area contributed by atoms with Crippen LogP contribution in [0, 0.1) is 10.8 Å². The normalized spacial score (nSPS) is 23.6. The first kappa shape index (κ1) is 18.3. The van der Waals surface area contributed by atoms with Crippen molar-refractivity contribution < 1.29 is 22.7 Å². The van der Waals surface area contributed by atoms with Crippen LogP contribution in [-0.4, -0.2) is 30.8 Å². The predicted molar refractivity (Wildman–Crippen MR) is 74.8 cm³/mol. The molecule has 6 heteroatoms. The number of ether oxygens (including phenoxy) is 1. The molecular weight excluding hydrogens is 283 g/mol. The van der Waals surface area contributed by atoms with Crippen LogP contribution in [0.15, 0.2) is 0 Å². The monoisotopic (exact) mass is 309 g/mol. The largest absolute Gasteiger partial charge is 0.465 e. The Labute approximate surface area is 124 Å². The van der Waals surface area contributed by atoms with Crippen molar-refractivity contribution in [2.75, 3.05) is 13.2 Å². The maximum absolute atomic E-state index is 12.6. The average Bonchev–Trinajstić information content (AvgIpc) is 2.21. The molecule has 1 rings (SSSR count). The van der Waals surface area contributed by atoms with E-state index in [4.69, 9.17) is 4.74 Å². The van der Waals surface area contributed by atoms with Crippen LogP contribution in [0.25, 0.3) is 0 Å². The van der Waals surface area contributed by atoms with Crippen LogP contribution >= 0.6 is 0 Å². The molecular formula is C15H26F3NO2. The van der Waals surface area contributed by atoms with Gasteiger partial charge in [0.05, 0.1) is 13.2 Å². The minimum Gasteiger partial charge on any atom is -0.465 e. The van der Waals surface area contributed by atoms with Crippen molar-refractivity contribution in [2.45, 2.75) is 65.6 Å². The van der Waals surface area contributed by atoms with Crippen molar-refractivity contribution in [1.29, 1.82) is 0 Å². The quantitative estimate of drug-likeness (QED) is 0.805. The number of esters is 1. The molecule has 21 heavy (non-hydrogen) atoms. The fourth-order valence-electron chi connectivity index (χ4n) is 4.00. The van der Waals surface area contributed by atoms with Crippen molar-refractivity contribution in [3.63, 3.8) is 0 Å². The van der Waals surface area contributed by atoms with Gasteiger partial charge >= 0.3 is 12.1 Å². The molecule has 1 fully saturated rings. The molecule has 0 aromatic carbocycles. The van der Waals surface area contributed by atoms with Gasteiger partial charge in [-0.25, -0.2) is 0 Å². The van der Waals surface area contributed by atoms with Crippen LogP contribution in [-0.2, 0) is 9.53 Å². The average molecular weight is 309 g/mol. The standard InChI is InChI=1S/C15H26F3NO2/c1-6-21-11(20)14(19-10-15(16,17)18)8-12(2,3)7-13(4,5)9-14/h19H,6-10H2,1-5H3. The predicted octanol–water partition coefficient (Wildman–Crippen LogP) is 3.68. The van der Waals surface area contributed by atoms with Gasteiger partial charge in [-0.15, -0.1) is 0 Å². The van der Waals surface area contributed by atoms with E-state index >= 15 is 0 Å². The SMILES string of the molecule is CCOC(=O)C1(NCC(F)(F)F)CC(C)(C)CC(C)(C)C1. The molecule has 0 atom stereocenters. The first-order valence-electron chi connectivity index (χ1n) is 7.30. The van der Waals surface area contributed by atoms with Crippen LogP contribution in [0.1, 0.15) is 53.9 Å². The summed E-state index contributed by atoms with van der Waals surface area (Å²) in [5, 5.41) is 2.47. The minimum atomic E-state index is -4.36. The Morgan fingerprint density at radius 2 is 1.57 bits per heavy atom. The van der Waals surface area contributed by atoms with Crippen LogP contribution in [0.5, 0.6) is 0 Å². The molecule has 3 nitrogen and oxygen atoms in total. The lowest BCUT2D eigenvalue weighted by molar-refractivity contribution is -0.163. The van der Waals surface area contributed by atoms with Crippen LogP contribution in [0.2, 0.25) is 0 Å². The number of carbonyl (C=O) groups excluding carboxylic acids is 1. The topological polar surface area (TPSA) is 38.3 Å². The Morgan fingerprint density at radius 1 is 1.10 bits per heavy atom. The van der Waals surface area contributed by atoms with Crippen molar-refractivity contribution in [3.8, 4) is 0 Å². The molecule has 1 aliphatic rings. The molecule has 0 heterocycles. The van der Waals surface area contributed by atoms with E-state index < -0.39 is 24.2 Å². The van der Waals surface area contributed by atoms with E-state index in [0.717, 1.165) is 6.42 Å². The number of carbonyl (C=O) groups is 1. The zero-order valence-electron chi connectivity index (χ0n) is 13.5. The molecule has 0 bridgehead atoms. The number of rotatable bonds is 4. The Bertz CT molecular complexity index is 373. The highest BCUT2D eigenvalue weighted by atomic mass is 19.4. The fourth-order valence-corrected chi connectivity index (χ4v) is 4.00. The van der Waals surface area contributed by atoms with Crippen molar-refractivity contribution >= 4 is 5.97 Å². The second kappa shape index (κ2) is 5.78. The molecule has 0 unspecified atom stereocenters. The molecule has 0 amide bonds. The third-order valence-corrected chi connectivity index (χ3v) is 3.81. The van der Waals surface area contributed by atoms with Gasteiger partial charge in [-0.3, -0.25) is 10.1 Å². The lowest BCUT2D eigenvalue weighted by Gasteiger charge is -2.50. The van der Waals surface area contributed by atoms with Crippen molar-refractivity contribution in [2.24, 2.45) is 10.8 Å². The summed E-state index contributed by atoms with van der Waals surface area (Å²) in [4.78, 5) is 12.4. The summed E-state index contributed by atoms with van der Waals surface area (Å²) in [5.41, 5.74) is -1.73. The van der Waals surface area contributed by atoms with Gasteiger partial charge in [-0.1, -0.05) is 27.7 Å². The summed E-state index contributed by atoms with van der Waals surface area (Å²) in [6.07, 6.45) is -2.81. The summed E-state index contributed by atoms with van der Waals surface area (Å²) in [5.74, 6) is -0.574. The van der Waals surface area contributed by atoms with Crippen molar-refractivity contribution in [1.82, 2.24) is 5.32 Å². The molecule has 0 aliphatic heterocycles. The molecule has 1 aliphatic carbocycles. The first-order chi connectivity index (χ1) is 9.31. The fraction of sp³-hybridized carbons (Fsp3) is 0.933. The van der Waals surface area contributed by atoms with Gasteiger partial charge in [0.25, 0.3) is 0 Å². The second-order valence-corrected chi connectivity index (χ2v) is 7.63. The maximum Gasteiger partial charge on any atom is 0.401 e. The van der Waals surface area contributed by atoms with Gasteiger partial charge in [0.15, 0.2) is 0 Å². The number of hydrogen-bond acceptors (Lipinski definition) is 3. The van der Waals surface area contributed by atoms with E-state index in [1.807, 2.05) is 27.7 Å². The lowest BCUT2D eigenvalue weighted by atomic mass is 9.58. The van der Waals surface area contributed by atoms with Crippen LogP contribution < -0.4 is 5.32 Å². The number of nitrogens with one attached hydrogen (secondary N) is 1.